The molecule has 0 spiro atoms. The number of aliphatic hydroxyl groups is 1. The largest absolute Gasteiger partial charge is 0.512 e. The molecule has 1 aromatic rings. The number of nitrogens with zero attached hydrogens (tertiary/aromatic N) is 1. The summed E-state index contributed by atoms with van der Waals surface area (Å²) in [4.78, 5) is 37.4. The molecule has 2 aliphatic carbocycles. The highest BCUT2D eigenvalue weighted by Crippen LogP contribution is 2.55. The van der Waals surface area contributed by atoms with E-state index in [-0.39, 0.29) is 46.8 Å². The highest BCUT2D eigenvalue weighted by atomic mass is 79.9. The number of aliphatic hydroxyl groups excluding tert-OH is 1. The first-order valence-corrected chi connectivity index (χ1v) is 11.0. The molecule has 1 aliphatic heterocycles. The average Bonchev–Trinajstić information content (AvgIpc) is 2.58. The molecule has 0 amide bonds. The van der Waals surface area contributed by atoms with Crippen LogP contribution in [0, 0.1) is 20.9 Å². The van der Waals surface area contributed by atoms with E-state index < -0.39 is 16.3 Å². The number of halogens is 1. The fraction of sp³-hybridized carbons (Fsp3) is 0.478. The van der Waals surface area contributed by atoms with Crippen molar-refractivity contribution in [3.8, 4) is 5.75 Å². The van der Waals surface area contributed by atoms with Crippen molar-refractivity contribution < 1.29 is 24.4 Å². The molecule has 8 heteroatoms. The summed E-state index contributed by atoms with van der Waals surface area (Å²) in [5.74, 6) is -0.557. The number of carbonyl (C=O) groups excluding carboxylic acids is 2. The van der Waals surface area contributed by atoms with E-state index in [0.717, 1.165) is 0 Å². The van der Waals surface area contributed by atoms with Gasteiger partial charge in [-0.15, -0.1) is 0 Å². The van der Waals surface area contributed by atoms with Crippen LogP contribution in [-0.4, -0.2) is 21.6 Å². The van der Waals surface area contributed by atoms with E-state index in [1.54, 1.807) is 0 Å². The minimum atomic E-state index is -0.887. The molecule has 1 heterocycles. The zero-order valence-corrected chi connectivity index (χ0v) is 19.5. The topological polar surface area (TPSA) is 107 Å². The molecule has 31 heavy (non-hydrogen) atoms. The van der Waals surface area contributed by atoms with Gasteiger partial charge in [-0.25, -0.2) is 0 Å². The molecule has 3 aliphatic rings. The van der Waals surface area contributed by atoms with Gasteiger partial charge in [0, 0.05) is 54.5 Å². The summed E-state index contributed by atoms with van der Waals surface area (Å²) >= 11 is 3.36. The number of non-ortho nitro benzene ring substituents is 1. The predicted molar refractivity (Wildman–Crippen MR) is 117 cm³/mol. The Morgan fingerprint density at radius 1 is 1.03 bits per heavy atom. The number of carbonyl (C=O) groups is 2. The lowest BCUT2D eigenvalue weighted by atomic mass is 9.66. The fourth-order valence-corrected chi connectivity index (χ4v) is 5.47. The number of ether oxygens (including phenoxy) is 1. The van der Waals surface area contributed by atoms with Gasteiger partial charge in [-0.2, -0.15) is 0 Å². The molecule has 1 atom stereocenters. The maximum Gasteiger partial charge on any atom is 0.271 e. The first-order valence-electron chi connectivity index (χ1n) is 10.2. The molecule has 7 nitrogen and oxygen atoms in total. The molecule has 164 valence electrons. The second-order valence-electron chi connectivity index (χ2n) is 10.2. The van der Waals surface area contributed by atoms with Crippen molar-refractivity contribution in [2.24, 2.45) is 10.8 Å². The molecule has 0 fully saturated rings. The Bertz CT molecular complexity index is 1110. The number of nitro benzene ring substituents is 1. The van der Waals surface area contributed by atoms with Crippen LogP contribution in [0.3, 0.4) is 0 Å². The summed E-state index contributed by atoms with van der Waals surface area (Å²) in [6, 6.07) is 2.69. The minimum absolute atomic E-state index is 0.0637. The van der Waals surface area contributed by atoms with Crippen molar-refractivity contribution >= 4 is 33.2 Å². The Kier molecular flexibility index (Phi) is 4.92. The van der Waals surface area contributed by atoms with Gasteiger partial charge in [-0.1, -0.05) is 27.7 Å². The van der Waals surface area contributed by atoms with E-state index in [9.17, 15) is 24.8 Å². The Balaban J connectivity index is 2.01. The number of rotatable bonds is 2. The van der Waals surface area contributed by atoms with E-state index in [1.165, 1.54) is 12.1 Å². The number of nitro groups is 1. The van der Waals surface area contributed by atoms with Crippen LogP contribution in [0.5, 0.6) is 5.75 Å². The lowest BCUT2D eigenvalue weighted by Gasteiger charge is -2.40. The highest BCUT2D eigenvalue weighted by molar-refractivity contribution is 9.10. The molecule has 1 unspecified atom stereocenters. The molecule has 4 rings (SSSR count). The van der Waals surface area contributed by atoms with Gasteiger partial charge in [0.15, 0.2) is 11.6 Å². The van der Waals surface area contributed by atoms with Gasteiger partial charge in [-0.3, -0.25) is 19.7 Å². The number of benzene rings is 1. The van der Waals surface area contributed by atoms with Gasteiger partial charge >= 0.3 is 0 Å². The smallest absolute Gasteiger partial charge is 0.271 e. The van der Waals surface area contributed by atoms with Gasteiger partial charge < -0.3 is 9.84 Å². The standard InChI is InChI=1S/C23H24BrNO6/c1-22(2)7-14(26)19(15(27)8-22)18-12-5-11(25(29)30)6-13(24)21(12)31-17-10-23(3,4)9-16(28)20(17)18/h5-6,18,26H,7-10H2,1-4H3. The molecule has 0 bridgehead atoms. The van der Waals surface area contributed by atoms with Crippen LogP contribution >= 0.6 is 15.9 Å². The number of hydrogen-bond acceptors (Lipinski definition) is 6. The molecule has 0 radical (unpaired) electrons. The zero-order valence-electron chi connectivity index (χ0n) is 17.9. The number of Topliss-reactive ketones (excluding diaryl/α,β-unsaturated/α-hetero) is 2. The second-order valence-corrected chi connectivity index (χ2v) is 11.1. The van der Waals surface area contributed by atoms with Crippen LogP contribution in [0.1, 0.15) is 64.9 Å². The number of fused-ring (bicyclic) bond motifs is 1. The average molecular weight is 490 g/mol. The molecule has 0 saturated carbocycles. The third-order valence-electron chi connectivity index (χ3n) is 6.16. The molecular weight excluding hydrogens is 466 g/mol. The second kappa shape index (κ2) is 7.02. The Morgan fingerprint density at radius 3 is 2.19 bits per heavy atom. The molecule has 0 aromatic heterocycles. The highest BCUT2D eigenvalue weighted by Gasteiger charge is 2.47. The predicted octanol–water partition coefficient (Wildman–Crippen LogP) is 5.68. The van der Waals surface area contributed by atoms with E-state index in [0.29, 0.717) is 40.0 Å². The Hall–Kier alpha value is -2.48. The lowest BCUT2D eigenvalue weighted by Crippen LogP contribution is -2.36. The monoisotopic (exact) mass is 489 g/mol. The van der Waals surface area contributed by atoms with Crippen LogP contribution < -0.4 is 4.74 Å². The van der Waals surface area contributed by atoms with Crippen molar-refractivity contribution in [1.29, 1.82) is 0 Å². The van der Waals surface area contributed by atoms with E-state index in [1.807, 2.05) is 27.7 Å². The van der Waals surface area contributed by atoms with Crippen LogP contribution in [0.2, 0.25) is 0 Å². The quantitative estimate of drug-likeness (QED) is 0.423. The van der Waals surface area contributed by atoms with Crippen molar-refractivity contribution in [2.45, 2.75) is 59.3 Å². The molecule has 0 saturated heterocycles. The minimum Gasteiger partial charge on any atom is -0.512 e. The van der Waals surface area contributed by atoms with Gasteiger partial charge in [0.05, 0.1) is 15.3 Å². The van der Waals surface area contributed by atoms with Crippen molar-refractivity contribution in [2.75, 3.05) is 0 Å². The lowest BCUT2D eigenvalue weighted by molar-refractivity contribution is -0.385. The van der Waals surface area contributed by atoms with Crippen LogP contribution in [0.15, 0.2) is 39.3 Å². The first kappa shape index (κ1) is 21.7. The van der Waals surface area contributed by atoms with Crippen molar-refractivity contribution in [1.82, 2.24) is 0 Å². The number of ketones is 2. The summed E-state index contributed by atoms with van der Waals surface area (Å²) in [5, 5.41) is 22.4. The Morgan fingerprint density at radius 2 is 1.61 bits per heavy atom. The third kappa shape index (κ3) is 3.71. The normalized spacial score (nSPS) is 24.5. The maximum atomic E-state index is 13.3. The fourth-order valence-electron chi connectivity index (χ4n) is 4.93. The summed E-state index contributed by atoms with van der Waals surface area (Å²) in [6.45, 7) is 7.74. The summed E-state index contributed by atoms with van der Waals surface area (Å²) in [5.41, 5.74) is -0.0820. The number of allylic oxidation sites excluding steroid dienone is 4. The molecule has 1 aromatic carbocycles. The zero-order chi connectivity index (χ0) is 22.9. The third-order valence-corrected chi connectivity index (χ3v) is 6.75. The first-order chi connectivity index (χ1) is 14.3. The summed E-state index contributed by atoms with van der Waals surface area (Å²) < 4.78 is 6.48. The SMILES string of the molecule is CC1(C)CC(=O)C(C2C3=C(CC(C)(C)CC3=O)Oc3c(Br)cc([N+](=O)[O-])cc32)=C(O)C1. The van der Waals surface area contributed by atoms with Crippen molar-refractivity contribution in [3.05, 3.63) is 54.9 Å². The van der Waals surface area contributed by atoms with E-state index >= 15 is 0 Å². The summed E-state index contributed by atoms with van der Waals surface area (Å²) in [6.07, 6.45) is 1.27. The van der Waals surface area contributed by atoms with Gasteiger partial charge in [-0.05, 0) is 26.8 Å². The Labute approximate surface area is 188 Å². The van der Waals surface area contributed by atoms with Gasteiger partial charge in [0.25, 0.3) is 5.69 Å². The number of hydrogen-bond donors (Lipinski definition) is 1. The van der Waals surface area contributed by atoms with E-state index in [4.69, 9.17) is 4.74 Å². The molecular formula is C23H24BrNO6. The van der Waals surface area contributed by atoms with Gasteiger partial charge in [0.2, 0.25) is 0 Å². The van der Waals surface area contributed by atoms with E-state index in [2.05, 4.69) is 15.9 Å². The van der Waals surface area contributed by atoms with Crippen molar-refractivity contribution in [3.63, 3.8) is 0 Å². The van der Waals surface area contributed by atoms with Gasteiger partial charge in [0.1, 0.15) is 17.3 Å². The van der Waals surface area contributed by atoms with Crippen LogP contribution in [0.4, 0.5) is 5.69 Å². The molecule has 1 N–H and O–H groups in total. The van der Waals surface area contributed by atoms with Crippen LogP contribution in [-0.2, 0) is 9.59 Å². The maximum absolute atomic E-state index is 13.3. The van der Waals surface area contributed by atoms with Crippen LogP contribution in [0.25, 0.3) is 0 Å². The summed E-state index contributed by atoms with van der Waals surface area (Å²) in [7, 11) is 0.